The summed E-state index contributed by atoms with van der Waals surface area (Å²) in [5.41, 5.74) is 2.52. The fraction of sp³-hybridized carbons (Fsp3) is 0.167. The van der Waals surface area contributed by atoms with Crippen molar-refractivity contribution < 1.29 is 9.18 Å². The molecule has 0 aliphatic heterocycles. The molecule has 0 bridgehead atoms. The van der Waals surface area contributed by atoms with Gasteiger partial charge in [0.15, 0.2) is 0 Å². The number of benzene rings is 2. The molecule has 0 saturated carbocycles. The van der Waals surface area contributed by atoms with Gasteiger partial charge in [-0.3, -0.25) is 4.79 Å². The average molecular weight is 359 g/mol. The molecule has 25 heavy (non-hydrogen) atoms. The number of rotatable bonds is 4. The van der Waals surface area contributed by atoms with Crippen LogP contribution < -0.4 is 10.2 Å². The van der Waals surface area contributed by atoms with E-state index in [0.29, 0.717) is 16.7 Å². The number of alkyl halides is 1. The van der Waals surface area contributed by atoms with E-state index in [1.54, 1.807) is 6.07 Å². The molecule has 5 nitrogen and oxygen atoms in total. The highest BCUT2D eigenvalue weighted by atomic mass is 35.5. The number of nitrogens with one attached hydrogen (secondary N) is 1. The third-order valence-electron chi connectivity index (χ3n) is 3.83. The van der Waals surface area contributed by atoms with Crippen LogP contribution in [0.5, 0.6) is 0 Å². The smallest absolute Gasteiger partial charge is 0.241 e. The lowest BCUT2D eigenvalue weighted by molar-refractivity contribution is -0.116. The minimum Gasteiger partial charge on any atom is -0.340 e. The van der Waals surface area contributed by atoms with Crippen LogP contribution in [0, 0.1) is 12.7 Å². The summed E-state index contributed by atoms with van der Waals surface area (Å²) in [6, 6.07) is 10.6. The summed E-state index contributed by atoms with van der Waals surface area (Å²) >= 11 is 5.57. The first kappa shape index (κ1) is 17.1. The largest absolute Gasteiger partial charge is 0.340 e. The molecular weight excluding hydrogens is 343 g/mol. The highest BCUT2D eigenvalue weighted by molar-refractivity contribution is 6.29. The second-order valence-corrected chi connectivity index (χ2v) is 5.89. The zero-order valence-electron chi connectivity index (χ0n) is 13.8. The molecule has 0 spiro atoms. The minimum atomic E-state index is -0.548. The summed E-state index contributed by atoms with van der Waals surface area (Å²) < 4.78 is 14.4. The number of fused-ring (bicyclic) bond motifs is 1. The van der Waals surface area contributed by atoms with Gasteiger partial charge in [0.1, 0.15) is 23.8 Å². The number of carbonyl (C=O) groups excluding carboxylic acids is 1. The normalized spacial score (nSPS) is 10.7. The fourth-order valence-electron chi connectivity index (χ4n) is 2.51. The predicted octanol–water partition coefficient (Wildman–Crippen LogP) is 4.02. The van der Waals surface area contributed by atoms with E-state index in [0.717, 1.165) is 11.3 Å². The van der Waals surface area contributed by atoms with Crippen LogP contribution >= 0.6 is 11.6 Å². The van der Waals surface area contributed by atoms with Crippen molar-refractivity contribution in [1.29, 1.82) is 0 Å². The number of hydrogen-bond acceptors (Lipinski definition) is 4. The average Bonchev–Trinajstić information content (AvgIpc) is 2.60. The van der Waals surface area contributed by atoms with Crippen LogP contribution in [0.25, 0.3) is 10.9 Å². The van der Waals surface area contributed by atoms with Gasteiger partial charge in [-0.25, -0.2) is 14.4 Å². The summed E-state index contributed by atoms with van der Waals surface area (Å²) in [6.45, 7) is 1.99. The highest BCUT2D eigenvalue weighted by Crippen LogP contribution is 2.29. The van der Waals surface area contributed by atoms with Gasteiger partial charge in [-0.05, 0) is 30.7 Å². The molecule has 1 amide bonds. The van der Waals surface area contributed by atoms with E-state index >= 15 is 0 Å². The molecule has 1 aromatic heterocycles. The maximum atomic E-state index is 14.4. The van der Waals surface area contributed by atoms with Gasteiger partial charge in [-0.2, -0.15) is 0 Å². The quantitative estimate of drug-likeness (QED) is 0.715. The third-order valence-corrected chi connectivity index (χ3v) is 4.06. The van der Waals surface area contributed by atoms with Gasteiger partial charge in [-0.15, -0.1) is 11.6 Å². The Kier molecular flexibility index (Phi) is 4.81. The van der Waals surface area contributed by atoms with E-state index in [1.165, 1.54) is 24.3 Å². The molecule has 0 radical (unpaired) electrons. The van der Waals surface area contributed by atoms with Crippen LogP contribution in [-0.2, 0) is 4.79 Å². The zero-order chi connectivity index (χ0) is 18.0. The summed E-state index contributed by atoms with van der Waals surface area (Å²) in [7, 11) is 1.48. The molecule has 0 aliphatic rings. The predicted molar refractivity (Wildman–Crippen MR) is 98.1 cm³/mol. The van der Waals surface area contributed by atoms with Crippen molar-refractivity contribution in [1.82, 2.24) is 9.97 Å². The molecule has 3 rings (SSSR count). The molecule has 2 aromatic carbocycles. The Morgan fingerprint density at radius 1 is 1.28 bits per heavy atom. The van der Waals surface area contributed by atoms with Crippen molar-refractivity contribution in [3.8, 4) is 0 Å². The van der Waals surface area contributed by atoms with E-state index in [1.807, 2.05) is 31.2 Å². The van der Waals surface area contributed by atoms with E-state index < -0.39 is 11.7 Å². The Morgan fingerprint density at radius 2 is 2.08 bits per heavy atom. The van der Waals surface area contributed by atoms with Crippen LogP contribution in [0.3, 0.4) is 0 Å². The first-order chi connectivity index (χ1) is 12.0. The lowest BCUT2D eigenvalue weighted by Gasteiger charge is -2.18. The lowest BCUT2D eigenvalue weighted by Crippen LogP contribution is -2.28. The Balaban J connectivity index is 2.09. The summed E-state index contributed by atoms with van der Waals surface area (Å²) in [5, 5.41) is 3.82. The van der Waals surface area contributed by atoms with Crippen molar-refractivity contribution in [3.63, 3.8) is 0 Å². The van der Waals surface area contributed by atoms with Crippen LogP contribution in [-0.4, -0.2) is 28.8 Å². The van der Waals surface area contributed by atoms with E-state index in [4.69, 9.17) is 11.6 Å². The maximum absolute atomic E-state index is 14.4. The third kappa shape index (κ3) is 3.53. The van der Waals surface area contributed by atoms with Gasteiger partial charge in [0.2, 0.25) is 5.91 Å². The van der Waals surface area contributed by atoms with Crippen molar-refractivity contribution in [2.24, 2.45) is 0 Å². The number of halogens is 2. The number of anilines is 3. The van der Waals surface area contributed by atoms with E-state index in [2.05, 4.69) is 15.3 Å². The number of amides is 1. The topological polar surface area (TPSA) is 58.1 Å². The fourth-order valence-corrected chi connectivity index (χ4v) is 2.69. The van der Waals surface area contributed by atoms with Gasteiger partial charge in [0.05, 0.1) is 11.2 Å². The van der Waals surface area contributed by atoms with Crippen molar-refractivity contribution in [2.75, 3.05) is 23.1 Å². The Hall–Kier alpha value is -2.73. The van der Waals surface area contributed by atoms with Crippen LogP contribution in [0.4, 0.5) is 21.6 Å². The monoisotopic (exact) mass is 358 g/mol. The first-order valence-corrected chi connectivity index (χ1v) is 8.13. The SMILES string of the molecule is Cc1cccc(Nc2ncnc3cc(F)c(N(C)C(=O)CCl)cc23)c1. The molecule has 1 N–H and O–H groups in total. The molecule has 0 aliphatic carbocycles. The number of carbonyl (C=O) groups is 1. The molecule has 7 heteroatoms. The van der Waals surface area contributed by atoms with Gasteiger partial charge in [-0.1, -0.05) is 12.1 Å². The summed E-state index contributed by atoms with van der Waals surface area (Å²) in [5.74, 6) is -0.643. The summed E-state index contributed by atoms with van der Waals surface area (Å²) in [6.07, 6.45) is 1.37. The van der Waals surface area contributed by atoms with E-state index in [-0.39, 0.29) is 11.6 Å². The second-order valence-electron chi connectivity index (χ2n) is 5.62. The Labute approximate surface area is 149 Å². The molecule has 0 atom stereocenters. The van der Waals surface area contributed by atoms with Crippen molar-refractivity contribution >= 4 is 45.6 Å². The lowest BCUT2D eigenvalue weighted by atomic mass is 10.1. The molecule has 0 fully saturated rings. The van der Waals surface area contributed by atoms with Gasteiger partial charge >= 0.3 is 0 Å². The first-order valence-electron chi connectivity index (χ1n) is 7.60. The van der Waals surface area contributed by atoms with Crippen LogP contribution in [0.15, 0.2) is 42.7 Å². The Morgan fingerprint density at radius 3 is 2.80 bits per heavy atom. The number of aromatic nitrogens is 2. The zero-order valence-corrected chi connectivity index (χ0v) is 14.5. The number of nitrogens with zero attached hydrogens (tertiary/aromatic N) is 3. The second kappa shape index (κ2) is 7.03. The number of aryl methyl sites for hydroxylation is 1. The molecule has 1 heterocycles. The maximum Gasteiger partial charge on any atom is 0.241 e. The van der Waals surface area contributed by atoms with Crippen LogP contribution in [0.1, 0.15) is 5.56 Å². The number of hydrogen-bond donors (Lipinski definition) is 1. The van der Waals surface area contributed by atoms with E-state index in [9.17, 15) is 9.18 Å². The van der Waals surface area contributed by atoms with Gasteiger partial charge in [0.25, 0.3) is 0 Å². The molecule has 0 unspecified atom stereocenters. The van der Waals surface area contributed by atoms with Crippen LogP contribution in [0.2, 0.25) is 0 Å². The molecule has 3 aromatic rings. The van der Waals surface area contributed by atoms with Gasteiger partial charge in [0, 0.05) is 24.2 Å². The Bertz CT molecular complexity index is 948. The van der Waals surface area contributed by atoms with Crippen molar-refractivity contribution in [3.05, 3.63) is 54.1 Å². The highest BCUT2D eigenvalue weighted by Gasteiger charge is 2.17. The van der Waals surface area contributed by atoms with Gasteiger partial charge < -0.3 is 10.2 Å². The van der Waals surface area contributed by atoms with Crippen molar-refractivity contribution in [2.45, 2.75) is 6.92 Å². The molecule has 0 saturated heterocycles. The molecular formula is C18H16ClFN4O. The minimum absolute atomic E-state index is 0.125. The summed E-state index contributed by atoms with van der Waals surface area (Å²) in [4.78, 5) is 21.3. The molecule has 128 valence electrons. The standard InChI is InChI=1S/C18H16ClFN4O/c1-11-4-3-5-12(6-11)23-18-13-7-16(24(2)17(25)9-19)14(20)8-15(13)21-10-22-18/h3-8,10H,9H2,1-2H3,(H,21,22,23).